The molecule has 1 saturated carbocycles. The SMILES string of the molecule is COc1nc(N)nc(NC2CCCC2SC)n1. The summed E-state index contributed by atoms with van der Waals surface area (Å²) >= 11 is 1.88. The first-order valence-electron chi connectivity index (χ1n) is 5.58. The third-order valence-electron chi connectivity index (χ3n) is 2.88. The van der Waals surface area contributed by atoms with Gasteiger partial charge in [0.05, 0.1) is 7.11 Å². The Morgan fingerprint density at radius 1 is 1.35 bits per heavy atom. The molecule has 1 heterocycles. The Kier molecular flexibility index (Phi) is 3.88. The summed E-state index contributed by atoms with van der Waals surface area (Å²) in [5, 5.41) is 3.92. The Morgan fingerprint density at radius 3 is 2.88 bits per heavy atom. The minimum atomic E-state index is 0.179. The van der Waals surface area contributed by atoms with E-state index < -0.39 is 0 Å². The van der Waals surface area contributed by atoms with Crippen molar-refractivity contribution in [3.63, 3.8) is 0 Å². The number of nitrogen functional groups attached to an aromatic ring is 1. The molecule has 1 fully saturated rings. The molecule has 0 radical (unpaired) electrons. The van der Waals surface area contributed by atoms with Gasteiger partial charge in [-0.2, -0.15) is 26.7 Å². The molecule has 3 N–H and O–H groups in total. The molecule has 7 heteroatoms. The first-order valence-corrected chi connectivity index (χ1v) is 6.86. The van der Waals surface area contributed by atoms with Crippen molar-refractivity contribution in [2.45, 2.75) is 30.6 Å². The fraction of sp³-hybridized carbons (Fsp3) is 0.700. The van der Waals surface area contributed by atoms with E-state index in [1.165, 1.54) is 20.0 Å². The molecule has 1 aliphatic rings. The van der Waals surface area contributed by atoms with Crippen LogP contribution in [-0.4, -0.2) is 39.6 Å². The van der Waals surface area contributed by atoms with Gasteiger partial charge in [0.1, 0.15) is 0 Å². The molecule has 94 valence electrons. The Labute approximate surface area is 105 Å². The van der Waals surface area contributed by atoms with Crippen LogP contribution in [0.4, 0.5) is 11.9 Å². The van der Waals surface area contributed by atoms with E-state index in [0.29, 0.717) is 17.2 Å². The molecular formula is C10H17N5OS. The Hall–Kier alpha value is -1.24. The van der Waals surface area contributed by atoms with Gasteiger partial charge < -0.3 is 15.8 Å². The predicted octanol–water partition coefficient (Wildman–Crippen LogP) is 1.16. The maximum atomic E-state index is 5.59. The molecule has 0 spiro atoms. The van der Waals surface area contributed by atoms with Crippen molar-refractivity contribution >= 4 is 23.7 Å². The van der Waals surface area contributed by atoms with Crippen LogP contribution in [0.1, 0.15) is 19.3 Å². The van der Waals surface area contributed by atoms with Crippen molar-refractivity contribution in [1.82, 2.24) is 15.0 Å². The van der Waals surface area contributed by atoms with Crippen LogP contribution >= 0.6 is 11.8 Å². The third-order valence-corrected chi connectivity index (χ3v) is 4.05. The molecule has 2 rings (SSSR count). The van der Waals surface area contributed by atoms with Crippen LogP contribution in [0.15, 0.2) is 0 Å². The number of nitrogens with two attached hydrogens (primary N) is 1. The van der Waals surface area contributed by atoms with Gasteiger partial charge in [0.2, 0.25) is 11.9 Å². The Balaban J connectivity index is 2.09. The fourth-order valence-corrected chi connectivity index (χ4v) is 3.00. The summed E-state index contributed by atoms with van der Waals surface area (Å²) in [5.41, 5.74) is 5.59. The van der Waals surface area contributed by atoms with Crippen LogP contribution in [0, 0.1) is 0 Å². The van der Waals surface area contributed by atoms with Gasteiger partial charge >= 0.3 is 6.01 Å². The zero-order chi connectivity index (χ0) is 12.3. The zero-order valence-corrected chi connectivity index (χ0v) is 10.8. The summed E-state index contributed by atoms with van der Waals surface area (Å²) in [5.74, 6) is 0.679. The van der Waals surface area contributed by atoms with Crippen molar-refractivity contribution in [3.05, 3.63) is 0 Å². The quantitative estimate of drug-likeness (QED) is 0.834. The lowest BCUT2D eigenvalue weighted by Crippen LogP contribution is -2.27. The zero-order valence-electron chi connectivity index (χ0n) is 10.0. The minimum Gasteiger partial charge on any atom is -0.467 e. The van der Waals surface area contributed by atoms with Gasteiger partial charge in [-0.3, -0.25) is 0 Å². The normalized spacial score (nSPS) is 23.6. The van der Waals surface area contributed by atoms with E-state index in [-0.39, 0.29) is 12.0 Å². The first kappa shape index (κ1) is 12.2. The summed E-state index contributed by atoms with van der Waals surface area (Å²) in [6.07, 6.45) is 5.74. The van der Waals surface area contributed by atoms with Crippen molar-refractivity contribution in [2.75, 3.05) is 24.4 Å². The smallest absolute Gasteiger partial charge is 0.322 e. The number of methoxy groups -OCH3 is 1. The summed E-state index contributed by atoms with van der Waals surface area (Å²) in [6.45, 7) is 0. The monoisotopic (exact) mass is 255 g/mol. The number of anilines is 2. The lowest BCUT2D eigenvalue weighted by molar-refractivity contribution is 0.379. The Bertz CT molecular complexity index is 389. The molecule has 1 aliphatic carbocycles. The first-order chi connectivity index (χ1) is 8.22. The summed E-state index contributed by atoms with van der Waals surface area (Å²) in [4.78, 5) is 12.1. The number of aromatic nitrogens is 3. The van der Waals surface area contributed by atoms with Crippen molar-refractivity contribution in [1.29, 1.82) is 0 Å². The average Bonchev–Trinajstić information content (AvgIpc) is 2.75. The average molecular weight is 255 g/mol. The van der Waals surface area contributed by atoms with Gasteiger partial charge in [0.15, 0.2) is 0 Å². The summed E-state index contributed by atoms with van der Waals surface area (Å²) in [6, 6.07) is 0.648. The number of thioether (sulfide) groups is 1. The molecule has 0 aromatic carbocycles. The summed E-state index contributed by atoms with van der Waals surface area (Å²) < 4.78 is 4.97. The van der Waals surface area contributed by atoms with Crippen LogP contribution in [0.25, 0.3) is 0 Å². The lowest BCUT2D eigenvalue weighted by atomic mass is 10.2. The molecule has 0 amide bonds. The van der Waals surface area contributed by atoms with E-state index in [2.05, 4.69) is 26.5 Å². The molecule has 1 aromatic rings. The van der Waals surface area contributed by atoms with E-state index in [9.17, 15) is 0 Å². The van der Waals surface area contributed by atoms with Crippen molar-refractivity contribution in [2.24, 2.45) is 0 Å². The third kappa shape index (κ3) is 2.91. The highest BCUT2D eigenvalue weighted by Gasteiger charge is 2.27. The molecule has 1 aromatic heterocycles. The van der Waals surface area contributed by atoms with Crippen LogP contribution in [0.2, 0.25) is 0 Å². The second-order valence-electron chi connectivity index (χ2n) is 3.96. The van der Waals surface area contributed by atoms with Crippen LogP contribution in [0.5, 0.6) is 6.01 Å². The molecule has 6 nitrogen and oxygen atoms in total. The minimum absolute atomic E-state index is 0.179. The van der Waals surface area contributed by atoms with E-state index in [0.717, 1.165) is 6.42 Å². The maximum absolute atomic E-state index is 5.59. The van der Waals surface area contributed by atoms with Crippen LogP contribution in [0.3, 0.4) is 0 Å². The van der Waals surface area contributed by atoms with Gasteiger partial charge in [0.25, 0.3) is 0 Å². The van der Waals surface area contributed by atoms with Crippen LogP contribution in [-0.2, 0) is 0 Å². The molecule has 0 aliphatic heterocycles. The Morgan fingerprint density at radius 2 is 2.18 bits per heavy atom. The second kappa shape index (κ2) is 5.39. The second-order valence-corrected chi connectivity index (χ2v) is 5.04. The van der Waals surface area contributed by atoms with Gasteiger partial charge in [-0.1, -0.05) is 6.42 Å². The predicted molar refractivity (Wildman–Crippen MR) is 69.4 cm³/mol. The van der Waals surface area contributed by atoms with Gasteiger partial charge in [-0.25, -0.2) is 0 Å². The molecule has 2 unspecified atom stereocenters. The molecule has 0 bridgehead atoms. The van der Waals surface area contributed by atoms with Crippen molar-refractivity contribution in [3.8, 4) is 6.01 Å². The molecule has 2 atom stereocenters. The molecular weight excluding hydrogens is 238 g/mol. The molecule has 17 heavy (non-hydrogen) atoms. The highest BCUT2D eigenvalue weighted by atomic mass is 32.2. The van der Waals surface area contributed by atoms with Crippen LogP contribution < -0.4 is 15.8 Å². The van der Waals surface area contributed by atoms with Crippen molar-refractivity contribution < 1.29 is 4.74 Å². The largest absolute Gasteiger partial charge is 0.467 e. The highest BCUT2D eigenvalue weighted by Crippen LogP contribution is 2.30. The number of hydrogen-bond acceptors (Lipinski definition) is 7. The van der Waals surface area contributed by atoms with Gasteiger partial charge in [-0.15, -0.1) is 0 Å². The number of nitrogens with one attached hydrogen (secondary N) is 1. The fourth-order valence-electron chi connectivity index (χ4n) is 2.07. The number of hydrogen-bond donors (Lipinski definition) is 2. The van der Waals surface area contributed by atoms with Gasteiger partial charge in [0, 0.05) is 11.3 Å². The number of nitrogens with zero attached hydrogens (tertiary/aromatic N) is 3. The maximum Gasteiger partial charge on any atom is 0.322 e. The summed E-state index contributed by atoms with van der Waals surface area (Å²) in [7, 11) is 1.51. The number of ether oxygens (including phenoxy) is 1. The van der Waals surface area contributed by atoms with E-state index >= 15 is 0 Å². The van der Waals surface area contributed by atoms with E-state index in [4.69, 9.17) is 10.5 Å². The molecule has 0 saturated heterocycles. The number of rotatable bonds is 4. The van der Waals surface area contributed by atoms with E-state index in [1.54, 1.807) is 0 Å². The standard InChI is InChI=1S/C10H17N5OS/c1-16-10-14-8(11)13-9(15-10)12-6-4-3-5-7(6)17-2/h6-7H,3-5H2,1-2H3,(H3,11,12,13,14,15). The van der Waals surface area contributed by atoms with E-state index in [1.807, 2.05) is 11.8 Å². The highest BCUT2D eigenvalue weighted by molar-refractivity contribution is 7.99. The topological polar surface area (TPSA) is 86.0 Å². The van der Waals surface area contributed by atoms with Gasteiger partial charge in [-0.05, 0) is 19.1 Å². The lowest BCUT2D eigenvalue weighted by Gasteiger charge is -2.19.